The summed E-state index contributed by atoms with van der Waals surface area (Å²) in [6.07, 6.45) is 1.98. The van der Waals surface area contributed by atoms with Crippen LogP contribution in [0, 0.1) is 0 Å². The number of nitrogens with one attached hydrogen (secondary N) is 1. The lowest BCUT2D eigenvalue weighted by Crippen LogP contribution is -2.25. The lowest BCUT2D eigenvalue weighted by atomic mass is 10.1. The zero-order valence-corrected chi connectivity index (χ0v) is 16.3. The third kappa shape index (κ3) is 5.86. The predicted molar refractivity (Wildman–Crippen MR) is 107 cm³/mol. The number of rotatable bonds is 7. The topological polar surface area (TPSA) is 101 Å². The zero-order chi connectivity index (χ0) is 20.6. The number of halogens is 1. The van der Waals surface area contributed by atoms with Crippen molar-refractivity contribution in [3.05, 3.63) is 59.4 Å². The minimum absolute atomic E-state index is 0.0412. The SMILES string of the molecule is O=C(COC(=O)CCC(=O)N1CCC(c2ccccc2)=N1)Nc1cccnc1Cl. The highest BCUT2D eigenvalue weighted by molar-refractivity contribution is 6.32. The Balaban J connectivity index is 1.40. The van der Waals surface area contributed by atoms with Crippen molar-refractivity contribution in [1.29, 1.82) is 0 Å². The van der Waals surface area contributed by atoms with Crippen LogP contribution in [0.4, 0.5) is 5.69 Å². The summed E-state index contributed by atoms with van der Waals surface area (Å²) in [7, 11) is 0. The molecule has 9 heteroatoms. The molecule has 1 aliphatic rings. The van der Waals surface area contributed by atoms with Gasteiger partial charge in [0.05, 0.1) is 24.4 Å². The molecule has 8 nitrogen and oxygen atoms in total. The van der Waals surface area contributed by atoms with Crippen molar-refractivity contribution in [3.8, 4) is 0 Å². The Labute approximate surface area is 172 Å². The first-order chi connectivity index (χ1) is 14.0. The van der Waals surface area contributed by atoms with Crippen LogP contribution >= 0.6 is 11.6 Å². The molecule has 1 aromatic carbocycles. The number of carbonyl (C=O) groups is 3. The van der Waals surface area contributed by atoms with Gasteiger partial charge in [-0.25, -0.2) is 9.99 Å². The van der Waals surface area contributed by atoms with Crippen molar-refractivity contribution in [2.24, 2.45) is 5.10 Å². The van der Waals surface area contributed by atoms with Crippen molar-refractivity contribution >= 4 is 40.8 Å². The summed E-state index contributed by atoms with van der Waals surface area (Å²) in [5.74, 6) is -1.45. The molecule has 150 valence electrons. The predicted octanol–water partition coefficient (Wildman–Crippen LogP) is 2.63. The fourth-order valence-corrected chi connectivity index (χ4v) is 2.86. The molecule has 0 spiro atoms. The van der Waals surface area contributed by atoms with Gasteiger partial charge in [0.2, 0.25) is 5.91 Å². The largest absolute Gasteiger partial charge is 0.456 e. The minimum atomic E-state index is -0.641. The van der Waals surface area contributed by atoms with E-state index in [9.17, 15) is 14.4 Å². The van der Waals surface area contributed by atoms with E-state index in [2.05, 4.69) is 15.4 Å². The Morgan fingerprint density at radius 2 is 1.90 bits per heavy atom. The van der Waals surface area contributed by atoms with E-state index in [-0.39, 0.29) is 23.9 Å². The summed E-state index contributed by atoms with van der Waals surface area (Å²) in [5, 5.41) is 8.33. The maximum atomic E-state index is 12.3. The summed E-state index contributed by atoms with van der Waals surface area (Å²) in [5.41, 5.74) is 2.14. The number of amides is 2. The fraction of sp³-hybridized carbons (Fsp3) is 0.250. The Morgan fingerprint density at radius 3 is 2.66 bits per heavy atom. The smallest absolute Gasteiger partial charge is 0.306 e. The van der Waals surface area contributed by atoms with Crippen LogP contribution in [-0.2, 0) is 19.1 Å². The Morgan fingerprint density at radius 1 is 1.10 bits per heavy atom. The maximum Gasteiger partial charge on any atom is 0.306 e. The van der Waals surface area contributed by atoms with E-state index in [0.29, 0.717) is 18.7 Å². The number of benzene rings is 1. The molecule has 2 aromatic rings. The van der Waals surface area contributed by atoms with Gasteiger partial charge < -0.3 is 10.1 Å². The number of anilines is 1. The standard InChI is InChI=1S/C20H19ClN4O4/c21-20-16(7-4-11-22-20)23-17(26)13-29-19(28)9-8-18(27)25-12-10-15(24-25)14-5-2-1-3-6-14/h1-7,11H,8-10,12-13H2,(H,23,26). The van der Waals surface area contributed by atoms with Gasteiger partial charge in [-0.3, -0.25) is 14.4 Å². The lowest BCUT2D eigenvalue weighted by Gasteiger charge is -2.11. The molecular formula is C20H19ClN4O4. The van der Waals surface area contributed by atoms with Crippen molar-refractivity contribution in [3.63, 3.8) is 0 Å². The van der Waals surface area contributed by atoms with E-state index in [1.165, 1.54) is 11.2 Å². The summed E-state index contributed by atoms with van der Waals surface area (Å²) in [6.45, 7) is 0.00462. The Kier molecular flexibility index (Phi) is 6.91. The third-order valence-electron chi connectivity index (χ3n) is 4.14. The van der Waals surface area contributed by atoms with Crippen LogP contribution in [0.1, 0.15) is 24.8 Å². The number of aromatic nitrogens is 1. The second-order valence-corrected chi connectivity index (χ2v) is 6.59. The molecule has 29 heavy (non-hydrogen) atoms. The average molecular weight is 415 g/mol. The Bertz CT molecular complexity index is 933. The molecule has 0 saturated carbocycles. The number of ether oxygens (including phenoxy) is 1. The molecule has 0 atom stereocenters. The summed E-state index contributed by atoms with van der Waals surface area (Å²) < 4.78 is 4.90. The molecule has 0 unspecified atom stereocenters. The van der Waals surface area contributed by atoms with Gasteiger partial charge >= 0.3 is 5.97 Å². The van der Waals surface area contributed by atoms with Crippen molar-refractivity contribution < 1.29 is 19.1 Å². The second-order valence-electron chi connectivity index (χ2n) is 6.23. The van der Waals surface area contributed by atoms with Gasteiger partial charge in [-0.05, 0) is 17.7 Å². The average Bonchev–Trinajstić information content (AvgIpc) is 3.23. The van der Waals surface area contributed by atoms with Crippen LogP contribution in [0.3, 0.4) is 0 Å². The van der Waals surface area contributed by atoms with Crippen molar-refractivity contribution in [2.45, 2.75) is 19.3 Å². The van der Waals surface area contributed by atoms with Crippen LogP contribution < -0.4 is 5.32 Å². The van der Waals surface area contributed by atoms with Crippen LogP contribution in [0.25, 0.3) is 0 Å². The van der Waals surface area contributed by atoms with Crippen molar-refractivity contribution in [2.75, 3.05) is 18.5 Å². The molecule has 2 heterocycles. The van der Waals surface area contributed by atoms with E-state index in [1.807, 2.05) is 30.3 Å². The van der Waals surface area contributed by atoms with Crippen LogP contribution in [0.5, 0.6) is 0 Å². The molecule has 0 aliphatic carbocycles. The number of esters is 1. The first-order valence-corrected chi connectivity index (χ1v) is 9.40. The van der Waals surface area contributed by atoms with Gasteiger partial charge in [-0.1, -0.05) is 41.9 Å². The molecule has 1 aromatic heterocycles. The molecule has 2 amide bonds. The van der Waals surface area contributed by atoms with Crippen LogP contribution in [0.2, 0.25) is 5.15 Å². The quantitative estimate of drug-likeness (QED) is 0.554. The number of pyridine rings is 1. The van der Waals surface area contributed by atoms with Gasteiger partial charge in [0.25, 0.3) is 5.91 Å². The molecular weight excluding hydrogens is 396 g/mol. The highest BCUT2D eigenvalue weighted by Crippen LogP contribution is 2.17. The van der Waals surface area contributed by atoms with Gasteiger partial charge in [-0.2, -0.15) is 5.10 Å². The lowest BCUT2D eigenvalue weighted by molar-refractivity contribution is -0.148. The zero-order valence-electron chi connectivity index (χ0n) is 15.5. The van der Waals surface area contributed by atoms with Crippen LogP contribution in [0.15, 0.2) is 53.8 Å². The van der Waals surface area contributed by atoms with Gasteiger partial charge in [0, 0.05) is 19.0 Å². The molecule has 0 saturated heterocycles. The van der Waals surface area contributed by atoms with Gasteiger partial charge in [-0.15, -0.1) is 0 Å². The van der Waals surface area contributed by atoms with Gasteiger partial charge in [0.15, 0.2) is 11.8 Å². The molecule has 0 fully saturated rings. The van der Waals surface area contributed by atoms with Crippen molar-refractivity contribution in [1.82, 2.24) is 9.99 Å². The fourth-order valence-electron chi connectivity index (χ4n) is 2.69. The molecule has 3 rings (SSSR count). The summed E-state index contributed by atoms with van der Waals surface area (Å²) >= 11 is 5.84. The van der Waals surface area contributed by atoms with E-state index < -0.39 is 18.5 Å². The summed E-state index contributed by atoms with van der Waals surface area (Å²) in [6, 6.07) is 12.8. The monoisotopic (exact) mass is 414 g/mol. The van der Waals surface area contributed by atoms with E-state index in [1.54, 1.807) is 12.1 Å². The molecule has 0 bridgehead atoms. The summed E-state index contributed by atoms with van der Waals surface area (Å²) in [4.78, 5) is 39.7. The number of hydrogen-bond acceptors (Lipinski definition) is 6. The number of hydrazone groups is 1. The maximum absolute atomic E-state index is 12.3. The van der Waals surface area contributed by atoms with E-state index in [0.717, 1.165) is 11.3 Å². The number of carbonyl (C=O) groups excluding carboxylic acids is 3. The first kappa shape index (κ1) is 20.5. The Hall–Kier alpha value is -3.26. The highest BCUT2D eigenvalue weighted by atomic mass is 35.5. The van der Waals surface area contributed by atoms with E-state index in [4.69, 9.17) is 16.3 Å². The minimum Gasteiger partial charge on any atom is -0.456 e. The van der Waals surface area contributed by atoms with E-state index >= 15 is 0 Å². The first-order valence-electron chi connectivity index (χ1n) is 9.02. The third-order valence-corrected chi connectivity index (χ3v) is 4.44. The normalized spacial score (nSPS) is 13.0. The number of hydrogen-bond donors (Lipinski definition) is 1. The van der Waals surface area contributed by atoms with Gasteiger partial charge in [0.1, 0.15) is 0 Å². The molecule has 1 aliphatic heterocycles. The van der Waals surface area contributed by atoms with Crippen LogP contribution in [-0.4, -0.2) is 46.6 Å². The number of nitrogens with zero attached hydrogens (tertiary/aromatic N) is 3. The molecule has 0 radical (unpaired) electrons. The molecule has 1 N–H and O–H groups in total. The highest BCUT2D eigenvalue weighted by Gasteiger charge is 2.22. The second kappa shape index (κ2) is 9.79.